The van der Waals surface area contributed by atoms with E-state index in [9.17, 15) is 9.59 Å². The van der Waals surface area contributed by atoms with Crippen LogP contribution in [0.5, 0.6) is 0 Å². The van der Waals surface area contributed by atoms with Gasteiger partial charge in [-0.1, -0.05) is 19.8 Å². The van der Waals surface area contributed by atoms with Gasteiger partial charge in [-0.25, -0.2) is 9.59 Å². The first-order valence-corrected chi connectivity index (χ1v) is 5.47. The maximum Gasteiger partial charge on any atom is 0.335 e. The van der Waals surface area contributed by atoms with Gasteiger partial charge < -0.3 is 4.74 Å². The molecule has 0 radical (unpaired) electrons. The first-order chi connectivity index (χ1) is 7.21. The lowest BCUT2D eigenvalue weighted by atomic mass is 10.1. The van der Waals surface area contributed by atoms with Crippen molar-refractivity contribution in [2.45, 2.75) is 45.1 Å². The fourth-order valence-electron chi connectivity index (χ4n) is 1.88. The molecule has 15 heavy (non-hydrogen) atoms. The highest BCUT2D eigenvalue weighted by atomic mass is 16.5. The number of carbonyl (C=O) groups is 1. The Morgan fingerprint density at radius 2 is 2.33 bits per heavy atom. The second kappa shape index (κ2) is 5.08. The summed E-state index contributed by atoms with van der Waals surface area (Å²) in [7, 11) is 0. The molecule has 0 N–H and O–H groups in total. The number of hydrogen-bond donors (Lipinski definition) is 0. The summed E-state index contributed by atoms with van der Waals surface area (Å²) in [5.74, 6) is -0.188. The van der Waals surface area contributed by atoms with E-state index in [0.717, 1.165) is 19.3 Å². The van der Waals surface area contributed by atoms with Gasteiger partial charge in [0.25, 0.3) is 0 Å². The molecule has 1 aliphatic rings. The minimum atomic E-state index is -0.882. The summed E-state index contributed by atoms with van der Waals surface area (Å²) in [4.78, 5) is 25.5. The molecule has 0 aliphatic heterocycles. The second-order valence-electron chi connectivity index (χ2n) is 3.89. The maximum absolute atomic E-state index is 11.6. The van der Waals surface area contributed by atoms with Crippen molar-refractivity contribution in [3.63, 3.8) is 0 Å². The molecular weight excluding hydrogens is 194 g/mol. The number of aliphatic imine (C=N–C) groups is 1. The fourth-order valence-corrected chi connectivity index (χ4v) is 1.88. The molecule has 1 saturated carbocycles. The lowest BCUT2D eigenvalue weighted by Gasteiger charge is -2.08. The van der Waals surface area contributed by atoms with Gasteiger partial charge in [0.2, 0.25) is 6.08 Å². The van der Waals surface area contributed by atoms with E-state index in [1.165, 1.54) is 6.08 Å². The van der Waals surface area contributed by atoms with Crippen molar-refractivity contribution < 1.29 is 14.3 Å². The molecular formula is C11H17NO3. The Labute approximate surface area is 89.7 Å². The minimum Gasteiger partial charge on any atom is -0.464 e. The lowest BCUT2D eigenvalue weighted by molar-refractivity contribution is -0.146. The third-order valence-electron chi connectivity index (χ3n) is 2.85. The Morgan fingerprint density at radius 3 is 2.87 bits per heavy atom. The SMILES string of the molecule is CCCCC1CC1(N=C=O)C(=O)OCC. The molecule has 4 heteroatoms. The van der Waals surface area contributed by atoms with E-state index in [1.54, 1.807) is 6.92 Å². The second-order valence-corrected chi connectivity index (χ2v) is 3.89. The van der Waals surface area contributed by atoms with Gasteiger partial charge in [-0.15, -0.1) is 0 Å². The van der Waals surface area contributed by atoms with E-state index in [-0.39, 0.29) is 11.9 Å². The van der Waals surface area contributed by atoms with Crippen LogP contribution in [0.15, 0.2) is 4.99 Å². The number of ether oxygens (including phenoxy) is 1. The van der Waals surface area contributed by atoms with Crippen LogP contribution in [0, 0.1) is 5.92 Å². The van der Waals surface area contributed by atoms with E-state index in [2.05, 4.69) is 11.9 Å². The Kier molecular flexibility index (Phi) is 4.04. The lowest BCUT2D eigenvalue weighted by Crippen LogP contribution is -2.25. The van der Waals surface area contributed by atoms with Crippen molar-refractivity contribution >= 4 is 12.0 Å². The smallest absolute Gasteiger partial charge is 0.335 e. The van der Waals surface area contributed by atoms with Gasteiger partial charge in [-0.05, 0) is 25.7 Å². The highest BCUT2D eigenvalue weighted by Gasteiger charge is 2.61. The van der Waals surface area contributed by atoms with Gasteiger partial charge in [-0.2, -0.15) is 4.99 Å². The summed E-state index contributed by atoms with van der Waals surface area (Å²) < 4.78 is 4.92. The summed E-state index contributed by atoms with van der Waals surface area (Å²) in [6.45, 7) is 4.17. The summed E-state index contributed by atoms with van der Waals surface area (Å²) in [6.07, 6.45) is 5.20. The molecule has 0 saturated heterocycles. The molecule has 4 nitrogen and oxygen atoms in total. The normalized spacial score (nSPS) is 28.0. The fraction of sp³-hybridized carbons (Fsp3) is 0.818. The quantitative estimate of drug-likeness (QED) is 0.382. The van der Waals surface area contributed by atoms with Gasteiger partial charge in [0, 0.05) is 0 Å². The van der Waals surface area contributed by atoms with Crippen LogP contribution in [-0.4, -0.2) is 24.2 Å². The predicted molar refractivity (Wildman–Crippen MR) is 55.1 cm³/mol. The van der Waals surface area contributed by atoms with Crippen molar-refractivity contribution in [3.8, 4) is 0 Å². The van der Waals surface area contributed by atoms with E-state index in [1.807, 2.05) is 0 Å². The topological polar surface area (TPSA) is 55.7 Å². The molecule has 0 heterocycles. The number of esters is 1. The van der Waals surface area contributed by atoms with E-state index >= 15 is 0 Å². The predicted octanol–water partition coefficient (Wildman–Crippen LogP) is 1.83. The average molecular weight is 211 g/mol. The molecule has 1 fully saturated rings. The number of isocyanates is 1. The van der Waals surface area contributed by atoms with Crippen LogP contribution >= 0.6 is 0 Å². The zero-order valence-corrected chi connectivity index (χ0v) is 9.28. The zero-order valence-electron chi connectivity index (χ0n) is 9.28. The zero-order chi connectivity index (χ0) is 11.3. The summed E-state index contributed by atoms with van der Waals surface area (Å²) in [5, 5.41) is 0. The maximum atomic E-state index is 11.6. The van der Waals surface area contributed by atoms with Crippen molar-refractivity contribution in [3.05, 3.63) is 0 Å². The highest BCUT2D eigenvalue weighted by Crippen LogP contribution is 2.50. The third-order valence-corrected chi connectivity index (χ3v) is 2.85. The first kappa shape index (κ1) is 11.9. The van der Waals surface area contributed by atoms with Crippen LogP contribution in [0.2, 0.25) is 0 Å². The van der Waals surface area contributed by atoms with E-state index in [0.29, 0.717) is 13.0 Å². The molecule has 2 unspecified atom stereocenters. The van der Waals surface area contributed by atoms with Gasteiger partial charge in [0.15, 0.2) is 5.54 Å². The minimum absolute atomic E-state index is 0.179. The number of nitrogens with zero attached hydrogens (tertiary/aromatic N) is 1. The first-order valence-electron chi connectivity index (χ1n) is 5.47. The van der Waals surface area contributed by atoms with Gasteiger partial charge >= 0.3 is 5.97 Å². The molecule has 2 atom stereocenters. The van der Waals surface area contributed by atoms with Crippen LogP contribution in [-0.2, 0) is 14.3 Å². The molecule has 0 bridgehead atoms. The van der Waals surface area contributed by atoms with E-state index < -0.39 is 5.54 Å². The molecule has 1 aliphatic carbocycles. The van der Waals surface area contributed by atoms with Crippen LogP contribution in [0.25, 0.3) is 0 Å². The van der Waals surface area contributed by atoms with Crippen molar-refractivity contribution in [1.29, 1.82) is 0 Å². The Balaban J connectivity index is 2.60. The number of hydrogen-bond acceptors (Lipinski definition) is 4. The van der Waals surface area contributed by atoms with Crippen molar-refractivity contribution in [1.82, 2.24) is 0 Å². The summed E-state index contributed by atoms with van der Waals surface area (Å²) in [5.41, 5.74) is -0.882. The van der Waals surface area contributed by atoms with Crippen molar-refractivity contribution in [2.24, 2.45) is 10.9 Å². The van der Waals surface area contributed by atoms with Gasteiger partial charge in [0.1, 0.15) is 0 Å². The van der Waals surface area contributed by atoms with Crippen LogP contribution in [0.4, 0.5) is 0 Å². The van der Waals surface area contributed by atoms with Gasteiger partial charge in [0.05, 0.1) is 6.61 Å². The Hall–Kier alpha value is -1.15. The molecule has 1 rings (SSSR count). The monoisotopic (exact) mass is 211 g/mol. The molecule has 0 spiro atoms. The average Bonchev–Trinajstić information content (AvgIpc) is 2.91. The molecule has 84 valence electrons. The number of unbranched alkanes of at least 4 members (excludes halogenated alkanes) is 1. The third kappa shape index (κ3) is 2.45. The molecule has 0 aromatic carbocycles. The van der Waals surface area contributed by atoms with Crippen LogP contribution in [0.1, 0.15) is 39.5 Å². The Bertz CT molecular complexity index is 284. The Morgan fingerprint density at radius 1 is 1.60 bits per heavy atom. The largest absolute Gasteiger partial charge is 0.464 e. The number of carbonyl (C=O) groups excluding carboxylic acids is 2. The summed E-state index contributed by atoms with van der Waals surface area (Å²) in [6, 6.07) is 0. The molecule has 0 aromatic rings. The standard InChI is InChI=1S/C11H17NO3/c1-3-5-6-9-7-11(9,12-8-13)10(14)15-4-2/h9H,3-7H2,1-2H3. The molecule has 0 aromatic heterocycles. The van der Waals surface area contributed by atoms with Crippen molar-refractivity contribution in [2.75, 3.05) is 6.61 Å². The van der Waals surface area contributed by atoms with Crippen LogP contribution in [0.3, 0.4) is 0 Å². The molecule has 0 amide bonds. The number of rotatable bonds is 6. The van der Waals surface area contributed by atoms with Gasteiger partial charge in [-0.3, -0.25) is 0 Å². The van der Waals surface area contributed by atoms with Crippen LogP contribution < -0.4 is 0 Å². The highest BCUT2D eigenvalue weighted by molar-refractivity contribution is 5.86. The summed E-state index contributed by atoms with van der Waals surface area (Å²) >= 11 is 0. The van der Waals surface area contributed by atoms with E-state index in [4.69, 9.17) is 4.74 Å².